The van der Waals surface area contributed by atoms with Crippen LogP contribution in [0.25, 0.3) is 0 Å². The van der Waals surface area contributed by atoms with Crippen LogP contribution in [0, 0.1) is 3.57 Å². The highest BCUT2D eigenvalue weighted by Crippen LogP contribution is 2.02. The number of unbranched alkanes of at least 4 members (excludes halogenated alkanes) is 1. The predicted octanol–water partition coefficient (Wildman–Crippen LogP) is 1.23. The van der Waals surface area contributed by atoms with Gasteiger partial charge in [-0.1, -0.05) is 0 Å². The number of hydrogen-bond acceptors (Lipinski definition) is 2. The van der Waals surface area contributed by atoms with Gasteiger partial charge >= 0.3 is 0 Å². The summed E-state index contributed by atoms with van der Waals surface area (Å²) in [6.45, 7) is 1.76. The molecule has 0 saturated heterocycles. The van der Waals surface area contributed by atoms with Gasteiger partial charge in [0, 0.05) is 12.7 Å². The molecule has 2 N–H and O–H groups in total. The van der Waals surface area contributed by atoms with Crippen LogP contribution < -0.4 is 5.73 Å². The smallest absolute Gasteiger partial charge is 0.0623 e. The van der Waals surface area contributed by atoms with E-state index in [-0.39, 0.29) is 0 Å². The Labute approximate surface area is 80.1 Å². The van der Waals surface area contributed by atoms with Crippen LogP contribution in [0.2, 0.25) is 0 Å². The molecule has 1 rings (SSSR count). The molecule has 0 radical (unpaired) electrons. The summed E-state index contributed by atoms with van der Waals surface area (Å²) in [6, 6.07) is 0. The molecule has 0 fully saturated rings. The quantitative estimate of drug-likeness (QED) is 0.657. The number of hydrogen-bond donors (Lipinski definition) is 1. The van der Waals surface area contributed by atoms with Crippen LogP contribution in [0.1, 0.15) is 12.8 Å². The van der Waals surface area contributed by atoms with Gasteiger partial charge in [0.15, 0.2) is 0 Å². The number of halogens is 1. The average Bonchev–Trinajstić information content (AvgIpc) is 2.37. The summed E-state index contributed by atoms with van der Waals surface area (Å²) in [5.41, 5.74) is 5.37. The number of nitrogens with zero attached hydrogens (tertiary/aromatic N) is 2. The van der Waals surface area contributed by atoms with E-state index in [1.807, 2.05) is 17.1 Å². The van der Waals surface area contributed by atoms with E-state index in [4.69, 9.17) is 5.73 Å². The lowest BCUT2D eigenvalue weighted by Gasteiger charge is -1.98. The van der Waals surface area contributed by atoms with Gasteiger partial charge in [-0.25, -0.2) is 0 Å². The summed E-state index contributed by atoms with van der Waals surface area (Å²) in [5.74, 6) is 0. The van der Waals surface area contributed by atoms with Gasteiger partial charge in [0.2, 0.25) is 0 Å². The zero-order valence-electron chi connectivity index (χ0n) is 6.33. The van der Waals surface area contributed by atoms with E-state index < -0.39 is 0 Å². The third-order valence-electron chi connectivity index (χ3n) is 1.44. The molecule has 0 amide bonds. The topological polar surface area (TPSA) is 43.8 Å². The van der Waals surface area contributed by atoms with Crippen LogP contribution in [0.4, 0.5) is 0 Å². The fraction of sp³-hybridized carbons (Fsp3) is 0.571. The molecule has 1 heterocycles. The van der Waals surface area contributed by atoms with Crippen molar-refractivity contribution in [1.82, 2.24) is 9.78 Å². The van der Waals surface area contributed by atoms with Crippen molar-refractivity contribution in [2.45, 2.75) is 19.4 Å². The zero-order valence-corrected chi connectivity index (χ0v) is 8.49. The normalized spacial score (nSPS) is 10.4. The lowest BCUT2D eigenvalue weighted by Crippen LogP contribution is -2.03. The minimum atomic E-state index is 0.776. The molecule has 1 aromatic heterocycles. The maximum Gasteiger partial charge on any atom is 0.0623 e. The number of aromatic nitrogens is 2. The molecule has 0 bridgehead atoms. The molecule has 1 aromatic rings. The van der Waals surface area contributed by atoms with Gasteiger partial charge in [0.05, 0.1) is 9.77 Å². The molecule has 0 aliphatic rings. The largest absolute Gasteiger partial charge is 0.330 e. The Morgan fingerprint density at radius 2 is 2.36 bits per heavy atom. The minimum Gasteiger partial charge on any atom is -0.330 e. The number of aryl methyl sites for hydroxylation is 1. The van der Waals surface area contributed by atoms with Crippen molar-refractivity contribution in [3.63, 3.8) is 0 Å². The fourth-order valence-electron chi connectivity index (χ4n) is 0.879. The molecule has 3 nitrogen and oxygen atoms in total. The molecule has 11 heavy (non-hydrogen) atoms. The van der Waals surface area contributed by atoms with E-state index in [1.54, 1.807) is 0 Å². The van der Waals surface area contributed by atoms with Crippen LogP contribution >= 0.6 is 22.6 Å². The molecule has 0 aliphatic carbocycles. The van der Waals surface area contributed by atoms with E-state index in [9.17, 15) is 0 Å². The SMILES string of the molecule is NCCCCn1cc(I)cn1. The van der Waals surface area contributed by atoms with E-state index in [1.165, 1.54) is 3.57 Å². The molecule has 0 aliphatic heterocycles. The molecule has 0 spiro atoms. The number of rotatable bonds is 4. The molecule has 0 saturated carbocycles. The lowest BCUT2D eigenvalue weighted by molar-refractivity contribution is 0.561. The predicted molar refractivity (Wildman–Crippen MR) is 53.2 cm³/mol. The van der Waals surface area contributed by atoms with Crippen molar-refractivity contribution in [2.75, 3.05) is 6.54 Å². The summed E-state index contributed by atoms with van der Waals surface area (Å²) in [5, 5.41) is 4.16. The highest BCUT2D eigenvalue weighted by Gasteiger charge is 1.93. The third kappa shape index (κ3) is 3.20. The second-order valence-corrected chi connectivity index (χ2v) is 3.66. The summed E-state index contributed by atoms with van der Waals surface area (Å²) in [7, 11) is 0. The van der Waals surface area contributed by atoms with Crippen molar-refractivity contribution in [3.05, 3.63) is 16.0 Å². The Morgan fingerprint density at radius 3 is 2.91 bits per heavy atom. The molecule has 0 atom stereocenters. The minimum absolute atomic E-state index is 0.776. The zero-order chi connectivity index (χ0) is 8.10. The van der Waals surface area contributed by atoms with Crippen LogP contribution in [-0.2, 0) is 6.54 Å². The Morgan fingerprint density at radius 1 is 1.55 bits per heavy atom. The van der Waals surface area contributed by atoms with Gasteiger partial charge in [-0.15, -0.1) is 0 Å². The van der Waals surface area contributed by atoms with Crippen LogP contribution in [-0.4, -0.2) is 16.3 Å². The molecular weight excluding hydrogens is 253 g/mol. The first-order chi connectivity index (χ1) is 5.33. The van der Waals surface area contributed by atoms with Crippen LogP contribution in [0.5, 0.6) is 0 Å². The Balaban J connectivity index is 2.27. The van der Waals surface area contributed by atoms with E-state index in [2.05, 4.69) is 27.7 Å². The van der Waals surface area contributed by atoms with Crippen molar-refractivity contribution in [3.8, 4) is 0 Å². The first-order valence-electron chi connectivity index (χ1n) is 3.71. The van der Waals surface area contributed by atoms with Gasteiger partial charge in [0.1, 0.15) is 0 Å². The molecule has 0 aromatic carbocycles. The maximum absolute atomic E-state index is 5.37. The molecule has 62 valence electrons. The molecule has 0 unspecified atom stereocenters. The van der Waals surface area contributed by atoms with Gasteiger partial charge < -0.3 is 5.73 Å². The number of nitrogens with two attached hydrogens (primary N) is 1. The monoisotopic (exact) mass is 265 g/mol. The fourth-order valence-corrected chi connectivity index (χ4v) is 1.32. The van der Waals surface area contributed by atoms with Crippen molar-refractivity contribution in [2.24, 2.45) is 5.73 Å². The third-order valence-corrected chi connectivity index (χ3v) is 2.00. The Hall–Kier alpha value is -0.100. The van der Waals surface area contributed by atoms with Crippen LogP contribution in [0.15, 0.2) is 12.4 Å². The lowest BCUT2D eigenvalue weighted by atomic mass is 10.3. The Bertz CT molecular complexity index is 209. The summed E-state index contributed by atoms with van der Waals surface area (Å²) in [6.07, 6.45) is 6.10. The first-order valence-corrected chi connectivity index (χ1v) is 4.79. The summed E-state index contributed by atoms with van der Waals surface area (Å²) < 4.78 is 3.15. The first kappa shape index (κ1) is 8.99. The van der Waals surface area contributed by atoms with Gasteiger partial charge in [-0.3, -0.25) is 4.68 Å². The standard InChI is InChI=1S/C7H12IN3/c8-7-5-10-11(6-7)4-2-1-3-9/h5-6H,1-4,9H2. The van der Waals surface area contributed by atoms with Gasteiger partial charge in [0.25, 0.3) is 0 Å². The second-order valence-electron chi connectivity index (χ2n) is 2.42. The van der Waals surface area contributed by atoms with E-state index in [0.717, 1.165) is 25.9 Å². The highest BCUT2D eigenvalue weighted by molar-refractivity contribution is 14.1. The van der Waals surface area contributed by atoms with E-state index in [0.29, 0.717) is 0 Å². The van der Waals surface area contributed by atoms with Crippen molar-refractivity contribution >= 4 is 22.6 Å². The van der Waals surface area contributed by atoms with Crippen molar-refractivity contribution in [1.29, 1.82) is 0 Å². The highest BCUT2D eigenvalue weighted by atomic mass is 127. The summed E-state index contributed by atoms with van der Waals surface area (Å²) >= 11 is 2.25. The summed E-state index contributed by atoms with van der Waals surface area (Å²) in [4.78, 5) is 0. The Kier molecular flexibility index (Phi) is 3.85. The van der Waals surface area contributed by atoms with Gasteiger partial charge in [-0.05, 0) is 42.0 Å². The molecular formula is C7H12IN3. The second kappa shape index (κ2) is 4.71. The average molecular weight is 265 g/mol. The maximum atomic E-state index is 5.37. The van der Waals surface area contributed by atoms with Crippen molar-refractivity contribution < 1.29 is 0 Å². The van der Waals surface area contributed by atoms with Gasteiger partial charge in [-0.2, -0.15) is 5.10 Å². The molecule has 4 heteroatoms. The van der Waals surface area contributed by atoms with E-state index >= 15 is 0 Å². The van der Waals surface area contributed by atoms with Crippen LogP contribution in [0.3, 0.4) is 0 Å².